The van der Waals surface area contributed by atoms with Gasteiger partial charge in [0.2, 0.25) is 0 Å². The molecular formula is C22H22FN5. The van der Waals surface area contributed by atoms with E-state index in [2.05, 4.69) is 10.3 Å². The van der Waals surface area contributed by atoms with Gasteiger partial charge in [0.15, 0.2) is 0 Å². The maximum atomic E-state index is 13.4. The molecule has 6 heteroatoms. The Morgan fingerprint density at radius 2 is 1.89 bits per heavy atom. The van der Waals surface area contributed by atoms with Crippen LogP contribution < -0.4 is 11.1 Å². The number of nitrogens with one attached hydrogen (secondary N) is 1. The molecule has 1 aromatic heterocycles. The van der Waals surface area contributed by atoms with Crippen molar-refractivity contribution in [3.05, 3.63) is 77.4 Å². The Labute approximate surface area is 163 Å². The Hall–Kier alpha value is -3.12. The number of anilines is 1. The summed E-state index contributed by atoms with van der Waals surface area (Å²) in [5.41, 5.74) is 8.85. The normalized spacial score (nSPS) is 14.7. The van der Waals surface area contributed by atoms with Crippen LogP contribution in [-0.4, -0.2) is 28.9 Å². The first-order valence-electron chi connectivity index (χ1n) is 9.35. The van der Waals surface area contributed by atoms with Gasteiger partial charge in [0, 0.05) is 11.3 Å². The zero-order valence-corrected chi connectivity index (χ0v) is 15.7. The number of hydrogen-bond acceptors (Lipinski definition) is 5. The molecule has 0 spiro atoms. The molecule has 0 saturated heterocycles. The van der Waals surface area contributed by atoms with Gasteiger partial charge in [-0.1, -0.05) is 24.3 Å². The van der Waals surface area contributed by atoms with Crippen LogP contribution in [0.3, 0.4) is 0 Å². The predicted molar refractivity (Wildman–Crippen MR) is 111 cm³/mol. The lowest BCUT2D eigenvalue weighted by Crippen LogP contribution is -2.15. The summed E-state index contributed by atoms with van der Waals surface area (Å²) in [5.74, 6) is 1.80. The highest BCUT2D eigenvalue weighted by Crippen LogP contribution is 2.29. The molecule has 3 aromatic rings. The van der Waals surface area contributed by atoms with Gasteiger partial charge in [0.25, 0.3) is 0 Å². The van der Waals surface area contributed by atoms with E-state index in [0.717, 1.165) is 28.1 Å². The molecule has 0 aliphatic carbocycles. The third kappa shape index (κ3) is 3.77. The second kappa shape index (κ2) is 7.86. The van der Waals surface area contributed by atoms with Crippen molar-refractivity contribution in [2.24, 2.45) is 10.7 Å². The molecule has 3 N–H and O–H groups in total. The third-order valence-corrected chi connectivity index (χ3v) is 4.79. The first kappa shape index (κ1) is 18.3. The molecule has 1 aliphatic rings. The largest absolute Gasteiger partial charge is 0.330 e. The first-order valence-corrected chi connectivity index (χ1v) is 9.35. The summed E-state index contributed by atoms with van der Waals surface area (Å²) in [6, 6.07) is 14.3. The van der Waals surface area contributed by atoms with Gasteiger partial charge in [-0.3, -0.25) is 4.99 Å². The summed E-state index contributed by atoms with van der Waals surface area (Å²) in [6.07, 6.45) is 2.69. The van der Waals surface area contributed by atoms with E-state index in [1.54, 1.807) is 12.1 Å². The van der Waals surface area contributed by atoms with Crippen LogP contribution in [0.5, 0.6) is 0 Å². The zero-order valence-electron chi connectivity index (χ0n) is 15.7. The third-order valence-electron chi connectivity index (χ3n) is 4.79. The summed E-state index contributed by atoms with van der Waals surface area (Å²) in [7, 11) is 0. The fourth-order valence-corrected chi connectivity index (χ4v) is 3.38. The maximum Gasteiger partial charge on any atom is 0.143 e. The molecule has 1 aliphatic heterocycles. The molecule has 4 rings (SSSR count). The van der Waals surface area contributed by atoms with Crippen LogP contribution in [0, 0.1) is 5.82 Å². The average molecular weight is 375 g/mol. The minimum Gasteiger partial charge on any atom is -0.330 e. The number of halogens is 1. The SMILES string of the molecule is CC1=CC(Nc2nc(C(CCN)c3ccc(F)cc3)nc3ccccc23)=NC1. The topological polar surface area (TPSA) is 76.2 Å². The number of nitrogens with two attached hydrogens (primary N) is 1. The second-order valence-corrected chi connectivity index (χ2v) is 6.95. The summed E-state index contributed by atoms with van der Waals surface area (Å²) < 4.78 is 13.4. The molecule has 2 aromatic carbocycles. The van der Waals surface area contributed by atoms with Crippen molar-refractivity contribution in [2.45, 2.75) is 19.3 Å². The molecule has 142 valence electrons. The Morgan fingerprint density at radius 1 is 1.11 bits per heavy atom. The van der Waals surface area contributed by atoms with Gasteiger partial charge in [-0.15, -0.1) is 0 Å². The highest BCUT2D eigenvalue weighted by Gasteiger charge is 2.20. The zero-order chi connectivity index (χ0) is 19.5. The fraction of sp³-hybridized carbons (Fsp3) is 0.227. The van der Waals surface area contributed by atoms with Gasteiger partial charge in [-0.25, -0.2) is 14.4 Å². The van der Waals surface area contributed by atoms with Crippen LogP contribution in [0.25, 0.3) is 10.9 Å². The standard InChI is InChI=1S/C22H22FN5/c1-14-12-20(25-13-14)27-22-18-4-2-3-5-19(18)26-21(28-22)17(10-11-24)15-6-8-16(23)9-7-15/h2-9,12,17H,10-11,13,24H2,1H3,(H,25,26,27,28). The minimum atomic E-state index is -0.265. The molecule has 5 nitrogen and oxygen atoms in total. The molecule has 0 fully saturated rings. The van der Waals surface area contributed by atoms with Crippen molar-refractivity contribution in [1.82, 2.24) is 9.97 Å². The summed E-state index contributed by atoms with van der Waals surface area (Å²) in [4.78, 5) is 14.1. The number of para-hydroxylation sites is 1. The monoisotopic (exact) mass is 375 g/mol. The van der Waals surface area contributed by atoms with E-state index >= 15 is 0 Å². The number of benzene rings is 2. The number of rotatable bonds is 5. The lowest BCUT2D eigenvalue weighted by molar-refractivity contribution is 0.623. The molecule has 28 heavy (non-hydrogen) atoms. The summed E-state index contributed by atoms with van der Waals surface area (Å²) in [5, 5.41) is 4.27. The van der Waals surface area contributed by atoms with Crippen LogP contribution in [-0.2, 0) is 0 Å². The summed E-state index contributed by atoms with van der Waals surface area (Å²) >= 11 is 0. The average Bonchev–Trinajstić information content (AvgIpc) is 3.11. The number of aliphatic imine (C=N–C) groups is 1. The van der Waals surface area contributed by atoms with Crippen LogP contribution in [0.2, 0.25) is 0 Å². The smallest absolute Gasteiger partial charge is 0.143 e. The lowest BCUT2D eigenvalue weighted by Gasteiger charge is -2.18. The van der Waals surface area contributed by atoms with Gasteiger partial charge in [-0.2, -0.15) is 0 Å². The maximum absolute atomic E-state index is 13.4. The Morgan fingerprint density at radius 3 is 2.61 bits per heavy atom. The predicted octanol–water partition coefficient (Wildman–Crippen LogP) is 4.02. The van der Waals surface area contributed by atoms with E-state index in [4.69, 9.17) is 15.7 Å². The van der Waals surface area contributed by atoms with E-state index in [1.165, 1.54) is 17.7 Å². The molecular weight excluding hydrogens is 353 g/mol. The molecule has 1 atom stereocenters. The Bertz CT molecular complexity index is 1060. The minimum absolute atomic E-state index is 0.112. The van der Waals surface area contributed by atoms with Crippen molar-refractivity contribution in [3.63, 3.8) is 0 Å². The van der Waals surface area contributed by atoms with Crippen molar-refractivity contribution in [1.29, 1.82) is 0 Å². The van der Waals surface area contributed by atoms with Crippen LogP contribution in [0.15, 0.2) is 65.2 Å². The Kier molecular flexibility index (Phi) is 5.12. The van der Waals surface area contributed by atoms with Crippen molar-refractivity contribution in [3.8, 4) is 0 Å². The lowest BCUT2D eigenvalue weighted by atomic mass is 9.94. The molecule has 0 saturated carbocycles. The van der Waals surface area contributed by atoms with Gasteiger partial charge < -0.3 is 11.1 Å². The van der Waals surface area contributed by atoms with E-state index in [9.17, 15) is 4.39 Å². The van der Waals surface area contributed by atoms with Crippen LogP contribution in [0.4, 0.5) is 10.2 Å². The van der Waals surface area contributed by atoms with Gasteiger partial charge in [0.05, 0.1) is 12.1 Å². The van der Waals surface area contributed by atoms with Gasteiger partial charge in [0.1, 0.15) is 23.3 Å². The van der Waals surface area contributed by atoms with Crippen molar-refractivity contribution in [2.75, 3.05) is 18.4 Å². The molecule has 1 unspecified atom stereocenters. The Balaban J connectivity index is 1.80. The number of hydrogen-bond donors (Lipinski definition) is 2. The number of fused-ring (bicyclic) bond motifs is 1. The van der Waals surface area contributed by atoms with Crippen molar-refractivity contribution >= 4 is 22.6 Å². The van der Waals surface area contributed by atoms with Crippen LogP contribution in [0.1, 0.15) is 30.7 Å². The van der Waals surface area contributed by atoms with E-state index in [-0.39, 0.29) is 11.7 Å². The number of nitrogens with zero attached hydrogens (tertiary/aromatic N) is 3. The first-order chi connectivity index (χ1) is 13.6. The van der Waals surface area contributed by atoms with Crippen LogP contribution >= 0.6 is 0 Å². The highest BCUT2D eigenvalue weighted by molar-refractivity contribution is 6.08. The highest BCUT2D eigenvalue weighted by atomic mass is 19.1. The molecule has 0 radical (unpaired) electrons. The molecule has 0 bridgehead atoms. The van der Waals surface area contributed by atoms with E-state index < -0.39 is 0 Å². The van der Waals surface area contributed by atoms with Gasteiger partial charge >= 0.3 is 0 Å². The van der Waals surface area contributed by atoms with E-state index in [1.807, 2.05) is 37.3 Å². The quantitative estimate of drug-likeness (QED) is 0.706. The van der Waals surface area contributed by atoms with Gasteiger partial charge in [-0.05, 0) is 61.4 Å². The second-order valence-electron chi connectivity index (χ2n) is 6.95. The number of amidine groups is 1. The molecule has 2 heterocycles. The molecule has 0 amide bonds. The fourth-order valence-electron chi connectivity index (χ4n) is 3.38. The van der Waals surface area contributed by atoms with E-state index in [0.29, 0.717) is 25.3 Å². The summed E-state index contributed by atoms with van der Waals surface area (Å²) in [6.45, 7) is 3.23. The number of aromatic nitrogens is 2. The van der Waals surface area contributed by atoms with Crippen molar-refractivity contribution < 1.29 is 4.39 Å².